The molecule has 1 aromatic rings. The highest BCUT2D eigenvalue weighted by atomic mass is 16.5. The minimum absolute atomic E-state index is 0.121. The lowest BCUT2D eigenvalue weighted by Gasteiger charge is -2.15. The van der Waals surface area contributed by atoms with Gasteiger partial charge in [-0.25, -0.2) is 0 Å². The number of benzene rings is 1. The SMILES string of the molecule is COc1cc(C)c(C(=O)C(C)NCC(=O)O)cc1C. The van der Waals surface area contributed by atoms with Crippen molar-refractivity contribution in [3.05, 3.63) is 28.8 Å². The number of carbonyl (C=O) groups is 2. The topological polar surface area (TPSA) is 75.6 Å². The average Bonchev–Trinajstić information content (AvgIpc) is 2.37. The lowest BCUT2D eigenvalue weighted by atomic mass is 9.97. The maximum absolute atomic E-state index is 12.2. The number of nitrogens with one attached hydrogen (secondary N) is 1. The Morgan fingerprint density at radius 2 is 1.95 bits per heavy atom. The molecule has 0 radical (unpaired) electrons. The van der Waals surface area contributed by atoms with Crippen LogP contribution >= 0.6 is 0 Å². The predicted molar refractivity (Wildman–Crippen MR) is 71.9 cm³/mol. The van der Waals surface area contributed by atoms with Gasteiger partial charge in [-0.2, -0.15) is 0 Å². The van der Waals surface area contributed by atoms with Crippen molar-refractivity contribution in [1.29, 1.82) is 0 Å². The quantitative estimate of drug-likeness (QED) is 0.763. The minimum Gasteiger partial charge on any atom is -0.496 e. The van der Waals surface area contributed by atoms with Crippen LogP contribution in [0, 0.1) is 13.8 Å². The Morgan fingerprint density at radius 3 is 2.47 bits per heavy atom. The third-order valence-electron chi connectivity index (χ3n) is 2.96. The van der Waals surface area contributed by atoms with Crippen LogP contribution in [0.4, 0.5) is 0 Å². The number of hydrogen-bond donors (Lipinski definition) is 2. The highest BCUT2D eigenvalue weighted by molar-refractivity contribution is 6.01. The second-order valence-electron chi connectivity index (χ2n) is 4.50. The predicted octanol–water partition coefficient (Wildman–Crippen LogP) is 1.56. The van der Waals surface area contributed by atoms with Crippen molar-refractivity contribution in [2.75, 3.05) is 13.7 Å². The number of carboxylic acids is 1. The fourth-order valence-electron chi connectivity index (χ4n) is 1.84. The molecule has 0 aliphatic rings. The van der Waals surface area contributed by atoms with Crippen molar-refractivity contribution in [1.82, 2.24) is 5.32 Å². The number of carboxylic acid groups (broad SMARTS) is 1. The van der Waals surface area contributed by atoms with Crippen molar-refractivity contribution in [3.8, 4) is 5.75 Å². The molecule has 1 atom stereocenters. The Labute approximate surface area is 112 Å². The third kappa shape index (κ3) is 3.79. The number of Topliss-reactive ketones (excluding diaryl/α,β-unsaturated/α-hetero) is 1. The Balaban J connectivity index is 2.93. The highest BCUT2D eigenvalue weighted by Crippen LogP contribution is 2.23. The van der Waals surface area contributed by atoms with Gasteiger partial charge in [0.05, 0.1) is 19.7 Å². The van der Waals surface area contributed by atoms with Crippen LogP contribution in [-0.4, -0.2) is 36.6 Å². The van der Waals surface area contributed by atoms with E-state index in [1.54, 1.807) is 20.1 Å². The number of aliphatic carboxylic acids is 1. The summed E-state index contributed by atoms with van der Waals surface area (Å²) in [5.74, 6) is -0.369. The monoisotopic (exact) mass is 265 g/mol. The molecule has 0 aliphatic carbocycles. The lowest BCUT2D eigenvalue weighted by Crippen LogP contribution is -2.37. The molecule has 1 aromatic carbocycles. The number of aryl methyl sites for hydroxylation is 2. The van der Waals surface area contributed by atoms with Crippen LogP contribution in [0.5, 0.6) is 5.75 Å². The molecule has 0 saturated carbocycles. The standard InChI is InChI=1S/C14H19NO4/c1-8-6-12(19-4)9(2)5-11(8)14(18)10(3)15-7-13(16)17/h5-6,10,15H,7H2,1-4H3,(H,16,17). The summed E-state index contributed by atoms with van der Waals surface area (Å²) in [5, 5.41) is 11.3. The summed E-state index contributed by atoms with van der Waals surface area (Å²) < 4.78 is 5.20. The molecule has 2 N–H and O–H groups in total. The smallest absolute Gasteiger partial charge is 0.317 e. The first-order chi connectivity index (χ1) is 8.86. The number of methoxy groups -OCH3 is 1. The number of ether oxygens (including phenoxy) is 1. The molecule has 0 aromatic heterocycles. The zero-order valence-electron chi connectivity index (χ0n) is 11.6. The maximum Gasteiger partial charge on any atom is 0.317 e. The molecule has 0 amide bonds. The lowest BCUT2D eigenvalue weighted by molar-refractivity contribution is -0.136. The molecular formula is C14H19NO4. The van der Waals surface area contributed by atoms with Gasteiger partial charge in [-0.1, -0.05) is 0 Å². The van der Waals surface area contributed by atoms with Gasteiger partial charge >= 0.3 is 5.97 Å². The fourth-order valence-corrected chi connectivity index (χ4v) is 1.84. The second kappa shape index (κ2) is 6.33. The summed E-state index contributed by atoms with van der Waals surface area (Å²) in [6.45, 7) is 5.12. The zero-order chi connectivity index (χ0) is 14.6. The van der Waals surface area contributed by atoms with E-state index >= 15 is 0 Å². The van der Waals surface area contributed by atoms with Crippen molar-refractivity contribution in [2.45, 2.75) is 26.8 Å². The number of hydrogen-bond acceptors (Lipinski definition) is 4. The van der Waals surface area contributed by atoms with Crippen LogP contribution < -0.4 is 10.1 Å². The van der Waals surface area contributed by atoms with Gasteiger partial charge in [-0.05, 0) is 44.0 Å². The summed E-state index contributed by atoms with van der Waals surface area (Å²) in [6.07, 6.45) is 0. The molecule has 5 nitrogen and oxygen atoms in total. The fraction of sp³-hybridized carbons (Fsp3) is 0.429. The van der Waals surface area contributed by atoms with Gasteiger partial charge < -0.3 is 9.84 Å². The van der Waals surface area contributed by atoms with E-state index in [0.29, 0.717) is 5.56 Å². The average molecular weight is 265 g/mol. The van der Waals surface area contributed by atoms with Crippen molar-refractivity contribution < 1.29 is 19.4 Å². The molecule has 104 valence electrons. The molecular weight excluding hydrogens is 246 g/mol. The van der Waals surface area contributed by atoms with Crippen LogP contribution in [0.25, 0.3) is 0 Å². The van der Waals surface area contributed by atoms with Gasteiger partial charge in [-0.15, -0.1) is 0 Å². The van der Waals surface area contributed by atoms with E-state index in [4.69, 9.17) is 9.84 Å². The van der Waals surface area contributed by atoms with E-state index in [0.717, 1.165) is 16.9 Å². The van der Waals surface area contributed by atoms with Crippen molar-refractivity contribution in [2.24, 2.45) is 0 Å². The van der Waals surface area contributed by atoms with Gasteiger partial charge in [0.15, 0.2) is 5.78 Å². The molecule has 1 rings (SSSR count). The summed E-state index contributed by atoms with van der Waals surface area (Å²) in [5.41, 5.74) is 2.28. The summed E-state index contributed by atoms with van der Waals surface area (Å²) in [4.78, 5) is 22.7. The van der Waals surface area contributed by atoms with E-state index in [1.165, 1.54) is 0 Å². The number of ketones is 1. The first kappa shape index (κ1) is 15.2. The Bertz CT molecular complexity index is 496. The molecule has 0 aliphatic heterocycles. The van der Waals surface area contributed by atoms with E-state index in [9.17, 15) is 9.59 Å². The van der Waals surface area contributed by atoms with E-state index in [-0.39, 0.29) is 12.3 Å². The number of rotatable bonds is 6. The molecule has 1 unspecified atom stereocenters. The zero-order valence-corrected chi connectivity index (χ0v) is 11.6. The van der Waals surface area contributed by atoms with Gasteiger partial charge in [0.25, 0.3) is 0 Å². The minimum atomic E-state index is -0.984. The summed E-state index contributed by atoms with van der Waals surface area (Å²) >= 11 is 0. The van der Waals surface area contributed by atoms with E-state index in [1.807, 2.05) is 19.9 Å². The van der Waals surface area contributed by atoms with Crippen LogP contribution in [0.15, 0.2) is 12.1 Å². The molecule has 5 heteroatoms. The normalized spacial score (nSPS) is 12.0. The van der Waals surface area contributed by atoms with E-state index < -0.39 is 12.0 Å². The van der Waals surface area contributed by atoms with Crippen LogP contribution in [0.1, 0.15) is 28.4 Å². The Kier molecular flexibility index (Phi) is 5.06. The summed E-state index contributed by atoms with van der Waals surface area (Å²) in [7, 11) is 1.58. The first-order valence-electron chi connectivity index (χ1n) is 6.01. The number of carbonyl (C=O) groups excluding carboxylic acids is 1. The second-order valence-corrected chi connectivity index (χ2v) is 4.50. The van der Waals surface area contributed by atoms with Gasteiger partial charge in [0.1, 0.15) is 5.75 Å². The van der Waals surface area contributed by atoms with Crippen LogP contribution in [-0.2, 0) is 4.79 Å². The Morgan fingerprint density at radius 1 is 1.32 bits per heavy atom. The molecule has 0 spiro atoms. The van der Waals surface area contributed by atoms with Gasteiger partial charge in [-0.3, -0.25) is 14.9 Å². The molecule has 0 saturated heterocycles. The summed E-state index contributed by atoms with van der Waals surface area (Å²) in [6, 6.07) is 3.05. The maximum atomic E-state index is 12.2. The van der Waals surface area contributed by atoms with Crippen molar-refractivity contribution >= 4 is 11.8 Å². The van der Waals surface area contributed by atoms with E-state index in [2.05, 4.69) is 5.32 Å². The first-order valence-corrected chi connectivity index (χ1v) is 6.01. The molecule has 19 heavy (non-hydrogen) atoms. The highest BCUT2D eigenvalue weighted by Gasteiger charge is 2.18. The Hall–Kier alpha value is -1.88. The largest absolute Gasteiger partial charge is 0.496 e. The van der Waals surface area contributed by atoms with Gasteiger partial charge in [0.2, 0.25) is 0 Å². The van der Waals surface area contributed by atoms with Crippen LogP contribution in [0.3, 0.4) is 0 Å². The van der Waals surface area contributed by atoms with Crippen LogP contribution in [0.2, 0.25) is 0 Å². The third-order valence-corrected chi connectivity index (χ3v) is 2.96. The van der Waals surface area contributed by atoms with Crippen molar-refractivity contribution in [3.63, 3.8) is 0 Å². The molecule has 0 fully saturated rings. The molecule has 0 heterocycles. The van der Waals surface area contributed by atoms with Gasteiger partial charge in [0, 0.05) is 5.56 Å². The molecule has 0 bridgehead atoms.